The molecule has 24 heavy (non-hydrogen) atoms. The zero-order valence-electron chi connectivity index (χ0n) is 14.1. The van der Waals surface area contributed by atoms with Crippen LogP contribution in [0.3, 0.4) is 0 Å². The number of nitrogens with zero attached hydrogens (tertiary/aromatic N) is 1. The summed E-state index contributed by atoms with van der Waals surface area (Å²) in [5.41, 5.74) is 4.40. The third-order valence-electron chi connectivity index (χ3n) is 3.13. The lowest BCUT2D eigenvalue weighted by Crippen LogP contribution is -2.42. The molecule has 1 aliphatic heterocycles. The number of nitrogens with one attached hydrogen (secondary N) is 2. The van der Waals surface area contributed by atoms with Crippen LogP contribution in [0.5, 0.6) is 0 Å². The Bertz CT molecular complexity index is 754. The van der Waals surface area contributed by atoms with Crippen LogP contribution in [0.2, 0.25) is 0 Å². The lowest BCUT2D eigenvalue weighted by Gasteiger charge is -2.21. The van der Waals surface area contributed by atoms with E-state index in [-0.39, 0.29) is 11.4 Å². The number of carbonyl (C=O) groups is 2. The highest BCUT2D eigenvalue weighted by atomic mass is 16.2. The smallest absolute Gasteiger partial charge is 0.255 e. The van der Waals surface area contributed by atoms with Crippen molar-refractivity contribution >= 4 is 17.4 Å². The van der Waals surface area contributed by atoms with Crippen molar-refractivity contribution in [1.82, 2.24) is 10.7 Å². The van der Waals surface area contributed by atoms with Crippen molar-refractivity contribution in [2.75, 3.05) is 0 Å². The van der Waals surface area contributed by atoms with E-state index in [1.165, 1.54) is 18.4 Å². The lowest BCUT2D eigenvalue weighted by atomic mass is 10.0. The molecule has 1 heterocycles. The molecule has 1 amide bonds. The normalized spacial score (nSPS) is 23.5. The van der Waals surface area contributed by atoms with Crippen LogP contribution in [-0.2, 0) is 9.59 Å². The minimum atomic E-state index is -0.443. The van der Waals surface area contributed by atoms with E-state index in [4.69, 9.17) is 0 Å². The summed E-state index contributed by atoms with van der Waals surface area (Å²) in [6, 6.07) is 0. The summed E-state index contributed by atoms with van der Waals surface area (Å²) in [6.07, 6.45) is 13.4. The quantitative estimate of drug-likeness (QED) is 0.767. The van der Waals surface area contributed by atoms with E-state index in [9.17, 15) is 9.59 Å². The van der Waals surface area contributed by atoms with Gasteiger partial charge in [-0.3, -0.25) is 15.0 Å². The molecule has 0 saturated carbocycles. The summed E-state index contributed by atoms with van der Waals surface area (Å²) >= 11 is 0. The van der Waals surface area contributed by atoms with Gasteiger partial charge >= 0.3 is 0 Å². The highest BCUT2D eigenvalue weighted by molar-refractivity contribution is 6.28. The van der Waals surface area contributed by atoms with Crippen LogP contribution < -0.4 is 10.7 Å². The Morgan fingerprint density at radius 1 is 1.21 bits per heavy atom. The van der Waals surface area contributed by atoms with E-state index < -0.39 is 11.4 Å². The number of rotatable bonds is 2. The molecule has 124 valence electrons. The Balaban J connectivity index is 2.42. The minimum absolute atomic E-state index is 0.0442. The lowest BCUT2D eigenvalue weighted by molar-refractivity contribution is -0.121. The van der Waals surface area contributed by atoms with Crippen molar-refractivity contribution in [2.24, 2.45) is 5.10 Å². The summed E-state index contributed by atoms with van der Waals surface area (Å²) in [5.74, 6) is -0.806. The molecule has 0 bridgehead atoms. The molecule has 1 aliphatic carbocycles. The molecule has 2 N–H and O–H groups in total. The van der Waals surface area contributed by atoms with Gasteiger partial charge in [-0.15, -0.1) is 0 Å². The molecule has 0 aromatic heterocycles. The Morgan fingerprint density at radius 2 is 1.96 bits per heavy atom. The second kappa shape index (κ2) is 7.08. The van der Waals surface area contributed by atoms with Crippen LogP contribution >= 0.6 is 0 Å². The van der Waals surface area contributed by atoms with Gasteiger partial charge in [-0.1, -0.05) is 37.0 Å². The number of hydrogen-bond donors (Lipinski definition) is 2. The third-order valence-corrected chi connectivity index (χ3v) is 3.13. The number of allylic oxidation sites excluding steroid dienone is 9. The molecule has 5 nitrogen and oxygen atoms in total. The minimum Gasteiger partial charge on any atom is -0.347 e. The molecule has 5 heteroatoms. The molecule has 0 aromatic carbocycles. The topological polar surface area (TPSA) is 70.6 Å². The fraction of sp³-hybridized carbons (Fsp3) is 0.211. The van der Waals surface area contributed by atoms with Crippen LogP contribution in [0.15, 0.2) is 77.1 Å². The molecule has 0 unspecified atom stereocenters. The molecule has 0 fully saturated rings. The SMILES string of the molecule is C=C1C=CC=C(C2=N/N/C=C/C(=O)/C(C(=O)NC(C)(C)C)=C\2)C=C1. The highest BCUT2D eigenvalue weighted by Crippen LogP contribution is 2.14. The van der Waals surface area contributed by atoms with Gasteiger partial charge in [0.05, 0.1) is 11.3 Å². The molecule has 0 aromatic rings. The van der Waals surface area contributed by atoms with E-state index in [0.717, 1.165) is 11.1 Å². The van der Waals surface area contributed by atoms with Crippen LogP contribution in [0.1, 0.15) is 20.8 Å². The first-order chi connectivity index (χ1) is 11.3. The maximum absolute atomic E-state index is 12.5. The van der Waals surface area contributed by atoms with Gasteiger partial charge in [0.25, 0.3) is 5.91 Å². The zero-order chi connectivity index (χ0) is 17.7. The van der Waals surface area contributed by atoms with Gasteiger partial charge < -0.3 is 5.32 Å². The van der Waals surface area contributed by atoms with Crippen LogP contribution in [0.25, 0.3) is 0 Å². The van der Waals surface area contributed by atoms with Crippen LogP contribution in [0.4, 0.5) is 0 Å². The number of carbonyl (C=O) groups excluding carboxylic acids is 2. The summed E-state index contributed by atoms with van der Waals surface area (Å²) in [7, 11) is 0. The average Bonchev–Trinajstić information content (AvgIpc) is 2.66. The first-order valence-electron chi connectivity index (χ1n) is 7.60. The van der Waals surface area contributed by atoms with Crippen LogP contribution in [0, 0.1) is 0 Å². The Hall–Kier alpha value is -2.95. The van der Waals surface area contributed by atoms with E-state index in [1.54, 1.807) is 0 Å². The average molecular weight is 323 g/mol. The summed E-state index contributed by atoms with van der Waals surface area (Å²) in [4.78, 5) is 24.7. The van der Waals surface area contributed by atoms with Crippen molar-refractivity contribution < 1.29 is 9.59 Å². The predicted molar refractivity (Wildman–Crippen MR) is 96.2 cm³/mol. The van der Waals surface area contributed by atoms with Crippen molar-refractivity contribution in [3.05, 3.63) is 72.0 Å². The first kappa shape index (κ1) is 17.4. The molecular weight excluding hydrogens is 302 g/mol. The first-order valence-corrected chi connectivity index (χ1v) is 7.60. The van der Waals surface area contributed by atoms with E-state index in [2.05, 4.69) is 22.4 Å². The van der Waals surface area contributed by atoms with Gasteiger partial charge in [-0.2, -0.15) is 5.10 Å². The van der Waals surface area contributed by atoms with Gasteiger partial charge in [0.1, 0.15) is 0 Å². The van der Waals surface area contributed by atoms with E-state index in [1.807, 2.05) is 51.2 Å². The van der Waals surface area contributed by atoms with Crippen molar-refractivity contribution in [3.63, 3.8) is 0 Å². The number of amides is 1. The van der Waals surface area contributed by atoms with Gasteiger partial charge in [0.15, 0.2) is 5.78 Å². The van der Waals surface area contributed by atoms with Gasteiger partial charge in [-0.25, -0.2) is 0 Å². The fourth-order valence-electron chi connectivity index (χ4n) is 2.04. The third kappa shape index (κ3) is 4.78. The molecule has 0 saturated heterocycles. The number of ketones is 1. The maximum atomic E-state index is 12.5. The van der Waals surface area contributed by atoms with Crippen molar-refractivity contribution in [3.8, 4) is 0 Å². The van der Waals surface area contributed by atoms with Gasteiger partial charge in [0.2, 0.25) is 0 Å². The summed E-state index contributed by atoms with van der Waals surface area (Å²) in [6.45, 7) is 9.45. The Kier molecular flexibility index (Phi) is 5.14. The van der Waals surface area contributed by atoms with Gasteiger partial charge in [-0.05, 0) is 32.4 Å². The fourth-order valence-corrected chi connectivity index (χ4v) is 2.04. The van der Waals surface area contributed by atoms with Crippen molar-refractivity contribution in [2.45, 2.75) is 26.3 Å². The van der Waals surface area contributed by atoms with E-state index >= 15 is 0 Å². The standard InChI is InChI=1S/C19H21N3O2/c1-13-6-5-7-14(9-8-13)16-12-15(17(23)10-11-20-22-16)18(24)21-19(2,3)4/h5-12,20H,1H2,2-4H3,(H,21,24)/b11-10+,15-12+,22-16+. The molecule has 2 rings (SSSR count). The van der Waals surface area contributed by atoms with Crippen LogP contribution in [-0.4, -0.2) is 22.9 Å². The molecular formula is C19H21N3O2. The maximum Gasteiger partial charge on any atom is 0.255 e. The molecule has 2 aliphatic rings. The van der Waals surface area contributed by atoms with Gasteiger partial charge in [0, 0.05) is 23.4 Å². The Labute approximate surface area is 141 Å². The van der Waals surface area contributed by atoms with E-state index in [0.29, 0.717) is 5.71 Å². The highest BCUT2D eigenvalue weighted by Gasteiger charge is 2.23. The Morgan fingerprint density at radius 3 is 2.67 bits per heavy atom. The molecule has 0 radical (unpaired) electrons. The van der Waals surface area contributed by atoms with Crippen molar-refractivity contribution in [1.29, 1.82) is 0 Å². The summed E-state index contributed by atoms with van der Waals surface area (Å²) < 4.78 is 0. The molecule has 0 spiro atoms. The molecule has 0 atom stereocenters. The number of hydrogen-bond acceptors (Lipinski definition) is 4. The monoisotopic (exact) mass is 323 g/mol. The summed E-state index contributed by atoms with van der Waals surface area (Å²) in [5, 5.41) is 7.03. The predicted octanol–water partition coefficient (Wildman–Crippen LogP) is 2.48. The largest absolute Gasteiger partial charge is 0.347 e. The second-order valence-electron chi connectivity index (χ2n) is 6.48. The zero-order valence-corrected chi connectivity index (χ0v) is 14.1. The second-order valence-corrected chi connectivity index (χ2v) is 6.48. The number of hydrazone groups is 1.